The molecule has 1 heterocycles. The second-order valence-electron chi connectivity index (χ2n) is 8.53. The highest BCUT2D eigenvalue weighted by molar-refractivity contribution is 7.80. The van der Waals surface area contributed by atoms with Gasteiger partial charge in [0.2, 0.25) is 5.89 Å². The first kappa shape index (κ1) is 23.3. The van der Waals surface area contributed by atoms with Crippen LogP contribution in [0.5, 0.6) is 5.75 Å². The number of nitrogens with one attached hydrogen (secondary N) is 2. The van der Waals surface area contributed by atoms with Crippen LogP contribution in [0.3, 0.4) is 0 Å². The summed E-state index contributed by atoms with van der Waals surface area (Å²) in [4.78, 5) is 17.2. The quantitative estimate of drug-likeness (QED) is 0.244. The molecule has 7 heteroatoms. The van der Waals surface area contributed by atoms with Crippen LogP contribution in [0.25, 0.3) is 33.7 Å². The van der Waals surface area contributed by atoms with Crippen LogP contribution in [0.2, 0.25) is 0 Å². The average Bonchev–Trinajstić information content (AvgIpc) is 3.29. The van der Waals surface area contributed by atoms with Gasteiger partial charge in [-0.1, -0.05) is 48.5 Å². The Labute approximate surface area is 213 Å². The van der Waals surface area contributed by atoms with Gasteiger partial charge in [0.1, 0.15) is 11.3 Å². The highest BCUT2D eigenvalue weighted by Crippen LogP contribution is 2.34. The van der Waals surface area contributed by atoms with Crippen LogP contribution in [-0.2, 0) is 0 Å². The van der Waals surface area contributed by atoms with Crippen LogP contribution < -0.4 is 10.6 Å². The number of carbonyl (C=O) groups is 1. The van der Waals surface area contributed by atoms with Gasteiger partial charge in [0.25, 0.3) is 5.91 Å². The zero-order valence-corrected chi connectivity index (χ0v) is 20.5. The van der Waals surface area contributed by atoms with Gasteiger partial charge in [0, 0.05) is 17.3 Å². The molecule has 5 aromatic rings. The second-order valence-corrected chi connectivity index (χ2v) is 8.94. The Kier molecular flexibility index (Phi) is 6.23. The zero-order valence-electron chi connectivity index (χ0n) is 19.7. The number of amides is 1. The number of phenolic OH excluding ortho intramolecular Hbond substituents is 1. The van der Waals surface area contributed by atoms with Crippen molar-refractivity contribution in [3.05, 3.63) is 102 Å². The molecule has 0 saturated carbocycles. The molecule has 0 fully saturated rings. The lowest BCUT2D eigenvalue weighted by molar-refractivity contribution is 0.0977. The summed E-state index contributed by atoms with van der Waals surface area (Å²) in [6, 6.07) is 26.1. The standard InChI is InChI=1S/C29H23N3O3S/c1-17-14-18(2)26-24(15-17)31-28(35-26)23-13-12-22(16-25(23)33)30-29(36)32-27(34)21-10-8-20(9-11-21)19-6-4-3-5-7-19/h3-16,33H,1-2H3,(H2,30,32,34,36). The van der Waals surface area contributed by atoms with Crippen molar-refractivity contribution in [2.24, 2.45) is 0 Å². The topological polar surface area (TPSA) is 87.4 Å². The van der Waals surface area contributed by atoms with Crippen LogP contribution >= 0.6 is 12.2 Å². The smallest absolute Gasteiger partial charge is 0.257 e. The van der Waals surface area contributed by atoms with Gasteiger partial charge in [-0.2, -0.15) is 0 Å². The van der Waals surface area contributed by atoms with Crippen molar-refractivity contribution in [2.75, 3.05) is 5.32 Å². The maximum atomic E-state index is 12.6. The SMILES string of the molecule is Cc1cc(C)c2oc(-c3ccc(NC(=S)NC(=O)c4ccc(-c5ccccc5)cc4)cc3O)nc2c1. The van der Waals surface area contributed by atoms with Crippen LogP contribution in [0.4, 0.5) is 5.69 Å². The summed E-state index contributed by atoms with van der Waals surface area (Å²) < 4.78 is 5.91. The number of fused-ring (bicyclic) bond motifs is 1. The van der Waals surface area contributed by atoms with Gasteiger partial charge in [0.15, 0.2) is 10.7 Å². The number of hydrogen-bond donors (Lipinski definition) is 3. The molecular formula is C29H23N3O3S. The highest BCUT2D eigenvalue weighted by Gasteiger charge is 2.15. The van der Waals surface area contributed by atoms with Gasteiger partial charge < -0.3 is 14.8 Å². The maximum Gasteiger partial charge on any atom is 0.257 e. The molecule has 6 nitrogen and oxygen atoms in total. The van der Waals surface area contributed by atoms with E-state index >= 15 is 0 Å². The largest absolute Gasteiger partial charge is 0.507 e. The molecule has 4 aromatic carbocycles. The molecule has 0 spiro atoms. The van der Waals surface area contributed by atoms with E-state index in [0.29, 0.717) is 28.3 Å². The van der Waals surface area contributed by atoms with E-state index in [4.69, 9.17) is 16.6 Å². The first-order valence-electron chi connectivity index (χ1n) is 11.4. The van der Waals surface area contributed by atoms with Gasteiger partial charge in [-0.05, 0) is 78.7 Å². The molecule has 5 rings (SSSR count). The number of anilines is 1. The summed E-state index contributed by atoms with van der Waals surface area (Å²) >= 11 is 5.30. The minimum atomic E-state index is -0.329. The normalized spacial score (nSPS) is 10.8. The van der Waals surface area contributed by atoms with Crippen molar-refractivity contribution < 1.29 is 14.3 Å². The molecule has 0 aliphatic carbocycles. The molecule has 3 N–H and O–H groups in total. The Morgan fingerprint density at radius 3 is 2.36 bits per heavy atom. The number of hydrogen-bond acceptors (Lipinski definition) is 5. The van der Waals surface area contributed by atoms with Crippen LogP contribution in [-0.4, -0.2) is 21.1 Å². The molecule has 0 saturated heterocycles. The Morgan fingerprint density at radius 2 is 1.64 bits per heavy atom. The molecule has 178 valence electrons. The number of benzene rings is 4. The number of thiocarbonyl (C=S) groups is 1. The summed E-state index contributed by atoms with van der Waals surface area (Å²) in [6.45, 7) is 3.96. The van der Waals surface area contributed by atoms with Crippen molar-refractivity contribution in [1.29, 1.82) is 0 Å². The second kappa shape index (κ2) is 9.64. The number of rotatable bonds is 4. The molecule has 36 heavy (non-hydrogen) atoms. The highest BCUT2D eigenvalue weighted by atomic mass is 32.1. The Morgan fingerprint density at radius 1 is 0.917 bits per heavy atom. The predicted octanol–water partition coefficient (Wildman–Crippen LogP) is 6.61. The lowest BCUT2D eigenvalue weighted by Crippen LogP contribution is -2.34. The monoisotopic (exact) mass is 493 g/mol. The third-order valence-electron chi connectivity index (χ3n) is 5.79. The number of carbonyl (C=O) groups excluding carboxylic acids is 1. The van der Waals surface area contributed by atoms with E-state index in [1.165, 1.54) is 6.07 Å². The first-order chi connectivity index (χ1) is 17.4. The van der Waals surface area contributed by atoms with E-state index < -0.39 is 0 Å². The van der Waals surface area contributed by atoms with Crippen molar-refractivity contribution in [3.63, 3.8) is 0 Å². The number of oxazole rings is 1. The number of aromatic nitrogens is 1. The van der Waals surface area contributed by atoms with Gasteiger partial charge in [-0.15, -0.1) is 0 Å². The van der Waals surface area contributed by atoms with E-state index in [2.05, 4.69) is 15.6 Å². The van der Waals surface area contributed by atoms with Gasteiger partial charge in [0.05, 0.1) is 5.56 Å². The summed E-state index contributed by atoms with van der Waals surface area (Å²) in [5.74, 6) is -0.0192. The van der Waals surface area contributed by atoms with E-state index in [9.17, 15) is 9.90 Å². The van der Waals surface area contributed by atoms with Crippen LogP contribution in [0.1, 0.15) is 21.5 Å². The lowest BCUT2D eigenvalue weighted by atomic mass is 10.0. The van der Waals surface area contributed by atoms with Gasteiger partial charge in [-0.3, -0.25) is 10.1 Å². The van der Waals surface area contributed by atoms with E-state index in [-0.39, 0.29) is 16.8 Å². The number of phenols is 1. The molecule has 0 aliphatic rings. The molecule has 0 atom stereocenters. The third-order valence-corrected chi connectivity index (χ3v) is 5.99. The molecule has 0 unspecified atom stereocenters. The number of aryl methyl sites for hydroxylation is 2. The molecule has 0 bridgehead atoms. The van der Waals surface area contributed by atoms with E-state index in [0.717, 1.165) is 27.8 Å². The van der Waals surface area contributed by atoms with Crippen molar-refractivity contribution in [1.82, 2.24) is 10.3 Å². The molecule has 1 amide bonds. The minimum absolute atomic E-state index is 0.0217. The fourth-order valence-electron chi connectivity index (χ4n) is 4.06. The van der Waals surface area contributed by atoms with Crippen LogP contribution in [0.15, 0.2) is 89.3 Å². The van der Waals surface area contributed by atoms with Crippen molar-refractivity contribution in [2.45, 2.75) is 13.8 Å². The Hall–Kier alpha value is -4.49. The fourth-order valence-corrected chi connectivity index (χ4v) is 4.27. The first-order valence-corrected chi connectivity index (χ1v) is 11.8. The van der Waals surface area contributed by atoms with Crippen LogP contribution in [0, 0.1) is 13.8 Å². The minimum Gasteiger partial charge on any atom is -0.507 e. The predicted molar refractivity (Wildman–Crippen MR) is 146 cm³/mol. The molecule has 0 aliphatic heterocycles. The van der Waals surface area contributed by atoms with Gasteiger partial charge >= 0.3 is 0 Å². The number of aromatic hydroxyl groups is 1. The summed E-state index contributed by atoms with van der Waals surface area (Å²) in [5.41, 5.74) is 7.07. The lowest BCUT2D eigenvalue weighted by Gasteiger charge is -2.11. The fraction of sp³-hybridized carbons (Fsp3) is 0.0690. The summed E-state index contributed by atoms with van der Waals surface area (Å²) in [6.07, 6.45) is 0. The molecular weight excluding hydrogens is 470 g/mol. The summed E-state index contributed by atoms with van der Waals surface area (Å²) in [5, 5.41) is 16.3. The number of nitrogens with zero attached hydrogens (tertiary/aromatic N) is 1. The molecule has 1 aromatic heterocycles. The average molecular weight is 494 g/mol. The van der Waals surface area contributed by atoms with Crippen molar-refractivity contribution in [3.8, 4) is 28.3 Å². The van der Waals surface area contributed by atoms with Crippen molar-refractivity contribution >= 4 is 40.0 Å². The maximum absolute atomic E-state index is 12.6. The van der Waals surface area contributed by atoms with E-state index in [1.54, 1.807) is 24.3 Å². The Bertz CT molecular complexity index is 1590. The van der Waals surface area contributed by atoms with Gasteiger partial charge in [-0.25, -0.2) is 4.98 Å². The Balaban J connectivity index is 1.26. The van der Waals surface area contributed by atoms with E-state index in [1.807, 2.05) is 68.4 Å². The zero-order chi connectivity index (χ0) is 25.2. The molecule has 0 radical (unpaired) electrons. The third kappa shape index (κ3) is 4.82. The summed E-state index contributed by atoms with van der Waals surface area (Å²) in [7, 11) is 0.